The summed E-state index contributed by atoms with van der Waals surface area (Å²) in [6.45, 7) is 1.14. The van der Waals surface area contributed by atoms with Gasteiger partial charge in [-0.3, -0.25) is 10.1 Å². The summed E-state index contributed by atoms with van der Waals surface area (Å²) in [7, 11) is 0. The molecule has 0 bridgehead atoms. The van der Waals surface area contributed by atoms with Gasteiger partial charge >= 0.3 is 0 Å². The predicted molar refractivity (Wildman–Crippen MR) is 38.8 cm³/mol. The number of aliphatic hydroxyl groups is 2. The molecule has 0 aliphatic rings. The molecule has 0 saturated carbocycles. The number of rotatable bonds is 5. The molecule has 0 amide bonds. The average molecular weight is 163 g/mol. The summed E-state index contributed by atoms with van der Waals surface area (Å²) in [4.78, 5) is 9.27. The van der Waals surface area contributed by atoms with Crippen LogP contribution in [-0.4, -0.2) is 33.9 Å². The Hall–Kier alpha value is -0.680. The lowest BCUT2D eigenvalue weighted by Crippen LogP contribution is -2.20. The maximum absolute atomic E-state index is 9.84. The van der Waals surface area contributed by atoms with Gasteiger partial charge in [-0.15, -0.1) is 0 Å². The monoisotopic (exact) mass is 163 g/mol. The van der Waals surface area contributed by atoms with E-state index in [1.165, 1.54) is 0 Å². The zero-order valence-corrected chi connectivity index (χ0v) is 6.43. The van der Waals surface area contributed by atoms with E-state index in [1.54, 1.807) is 6.92 Å². The van der Waals surface area contributed by atoms with Crippen LogP contribution in [0.5, 0.6) is 0 Å². The minimum absolute atomic E-state index is 0.276. The molecule has 2 N–H and O–H groups in total. The lowest BCUT2D eigenvalue weighted by atomic mass is 10.1. The number of nitro groups is 1. The molecule has 5 heteroatoms. The first kappa shape index (κ1) is 10.3. The van der Waals surface area contributed by atoms with Crippen molar-refractivity contribution in [3.63, 3.8) is 0 Å². The molecule has 11 heavy (non-hydrogen) atoms. The smallest absolute Gasteiger partial charge is 0.229 e. The van der Waals surface area contributed by atoms with Gasteiger partial charge in [0.15, 0.2) is 0 Å². The zero-order chi connectivity index (χ0) is 8.85. The third-order valence-electron chi connectivity index (χ3n) is 1.28. The van der Waals surface area contributed by atoms with Crippen molar-refractivity contribution >= 4 is 0 Å². The van der Waals surface area contributed by atoms with Crippen molar-refractivity contribution in [1.29, 1.82) is 0 Å². The van der Waals surface area contributed by atoms with Gasteiger partial charge in [0, 0.05) is 4.92 Å². The van der Waals surface area contributed by atoms with Crippen molar-refractivity contribution in [3.05, 3.63) is 10.1 Å². The number of hydrogen-bond acceptors (Lipinski definition) is 4. The van der Waals surface area contributed by atoms with Gasteiger partial charge in [0.25, 0.3) is 0 Å². The highest BCUT2D eigenvalue weighted by atomic mass is 16.6. The van der Waals surface area contributed by atoms with E-state index < -0.39 is 23.7 Å². The molecule has 0 aliphatic carbocycles. The number of aliphatic hydroxyl groups excluding tert-OH is 2. The molecule has 0 heterocycles. The molecule has 0 aromatic heterocycles. The van der Waals surface area contributed by atoms with Crippen molar-refractivity contribution in [1.82, 2.24) is 0 Å². The molecule has 0 aromatic carbocycles. The van der Waals surface area contributed by atoms with Crippen LogP contribution in [0.2, 0.25) is 0 Å². The highest BCUT2D eigenvalue weighted by molar-refractivity contribution is 4.56. The van der Waals surface area contributed by atoms with Crippen LogP contribution in [0.25, 0.3) is 0 Å². The summed E-state index contributed by atoms with van der Waals surface area (Å²) in [5, 5.41) is 27.5. The second kappa shape index (κ2) is 5.03. The molecule has 0 fully saturated rings. The summed E-state index contributed by atoms with van der Waals surface area (Å²) in [6, 6.07) is 0. The molecular formula is C6H13NO4. The van der Waals surface area contributed by atoms with Crippen LogP contribution in [0.3, 0.4) is 0 Å². The topological polar surface area (TPSA) is 83.6 Å². The molecule has 0 aromatic rings. The average Bonchev–Trinajstić information content (AvgIpc) is 1.82. The van der Waals surface area contributed by atoms with Gasteiger partial charge in [-0.2, -0.15) is 0 Å². The summed E-state index contributed by atoms with van der Waals surface area (Å²) in [5.74, 6) is 0. The quantitative estimate of drug-likeness (QED) is 0.433. The SMILES string of the molecule is CC(O)CCC(O)C[N+](=O)[O-]. The fraction of sp³-hybridized carbons (Fsp3) is 1.00. The van der Waals surface area contributed by atoms with Crippen molar-refractivity contribution < 1.29 is 15.1 Å². The maximum Gasteiger partial charge on any atom is 0.229 e. The van der Waals surface area contributed by atoms with Crippen molar-refractivity contribution in [2.75, 3.05) is 6.54 Å². The summed E-state index contributed by atoms with van der Waals surface area (Å²) in [6.07, 6.45) is -0.760. The summed E-state index contributed by atoms with van der Waals surface area (Å²) >= 11 is 0. The molecule has 2 unspecified atom stereocenters. The van der Waals surface area contributed by atoms with Gasteiger partial charge in [0.05, 0.1) is 6.10 Å². The van der Waals surface area contributed by atoms with Crippen LogP contribution >= 0.6 is 0 Å². The predicted octanol–water partition coefficient (Wildman–Crippen LogP) is -0.215. The van der Waals surface area contributed by atoms with E-state index >= 15 is 0 Å². The fourth-order valence-electron chi connectivity index (χ4n) is 0.697. The van der Waals surface area contributed by atoms with Crippen molar-refractivity contribution in [3.8, 4) is 0 Å². The van der Waals surface area contributed by atoms with Crippen LogP contribution in [0.4, 0.5) is 0 Å². The lowest BCUT2D eigenvalue weighted by molar-refractivity contribution is -0.490. The Kier molecular flexibility index (Phi) is 4.72. The highest BCUT2D eigenvalue weighted by Crippen LogP contribution is 2.00. The Morgan fingerprint density at radius 2 is 2.00 bits per heavy atom. The van der Waals surface area contributed by atoms with Crippen LogP contribution in [-0.2, 0) is 0 Å². The fourth-order valence-corrected chi connectivity index (χ4v) is 0.697. The first-order chi connectivity index (χ1) is 5.02. The van der Waals surface area contributed by atoms with E-state index in [0.29, 0.717) is 6.42 Å². The zero-order valence-electron chi connectivity index (χ0n) is 6.43. The van der Waals surface area contributed by atoms with Gasteiger partial charge in [0.1, 0.15) is 6.10 Å². The third-order valence-corrected chi connectivity index (χ3v) is 1.28. The van der Waals surface area contributed by atoms with Gasteiger partial charge in [-0.25, -0.2) is 0 Å². The Morgan fingerprint density at radius 1 is 1.45 bits per heavy atom. The number of hydrogen-bond donors (Lipinski definition) is 2. The minimum atomic E-state index is -0.931. The van der Waals surface area contributed by atoms with Gasteiger partial charge in [-0.05, 0) is 19.8 Å². The van der Waals surface area contributed by atoms with Gasteiger partial charge in [0.2, 0.25) is 6.54 Å². The van der Waals surface area contributed by atoms with Crippen LogP contribution in [0.15, 0.2) is 0 Å². The summed E-state index contributed by atoms with van der Waals surface area (Å²) in [5.41, 5.74) is 0. The second-order valence-corrected chi connectivity index (χ2v) is 2.60. The minimum Gasteiger partial charge on any atom is -0.393 e. The van der Waals surface area contributed by atoms with Gasteiger partial charge in [-0.1, -0.05) is 0 Å². The molecule has 5 nitrogen and oxygen atoms in total. The van der Waals surface area contributed by atoms with Crippen molar-refractivity contribution in [2.24, 2.45) is 0 Å². The molecule has 66 valence electrons. The largest absolute Gasteiger partial charge is 0.393 e. The Labute approximate surface area is 64.8 Å². The molecular weight excluding hydrogens is 150 g/mol. The van der Waals surface area contributed by atoms with Crippen LogP contribution in [0.1, 0.15) is 19.8 Å². The first-order valence-corrected chi connectivity index (χ1v) is 3.50. The molecule has 0 saturated heterocycles. The maximum atomic E-state index is 9.84. The van der Waals surface area contributed by atoms with E-state index in [-0.39, 0.29) is 6.42 Å². The highest BCUT2D eigenvalue weighted by Gasteiger charge is 2.11. The molecule has 2 atom stereocenters. The normalized spacial score (nSPS) is 15.9. The van der Waals surface area contributed by atoms with E-state index in [1.807, 2.05) is 0 Å². The van der Waals surface area contributed by atoms with E-state index in [2.05, 4.69) is 0 Å². The van der Waals surface area contributed by atoms with E-state index in [4.69, 9.17) is 10.2 Å². The molecule has 0 aliphatic heterocycles. The van der Waals surface area contributed by atoms with Gasteiger partial charge < -0.3 is 10.2 Å². The Morgan fingerprint density at radius 3 is 2.36 bits per heavy atom. The third kappa shape index (κ3) is 7.21. The standard InChI is InChI=1S/C6H13NO4/c1-5(8)2-3-6(9)4-7(10)11/h5-6,8-9H,2-4H2,1H3. The summed E-state index contributed by atoms with van der Waals surface area (Å²) < 4.78 is 0. The van der Waals surface area contributed by atoms with Crippen molar-refractivity contribution in [2.45, 2.75) is 32.0 Å². The molecule has 0 rings (SSSR count). The van der Waals surface area contributed by atoms with E-state index in [9.17, 15) is 10.1 Å². The Balaban J connectivity index is 3.37. The molecule has 0 spiro atoms. The van der Waals surface area contributed by atoms with E-state index in [0.717, 1.165) is 0 Å². The van der Waals surface area contributed by atoms with Crippen LogP contribution in [0, 0.1) is 10.1 Å². The van der Waals surface area contributed by atoms with Crippen LogP contribution < -0.4 is 0 Å². The second-order valence-electron chi connectivity index (χ2n) is 2.60. The lowest BCUT2D eigenvalue weighted by Gasteiger charge is -2.06. The Bertz CT molecular complexity index is 126. The number of nitrogens with zero attached hydrogens (tertiary/aromatic N) is 1. The first-order valence-electron chi connectivity index (χ1n) is 3.50. The molecule has 0 radical (unpaired) electrons.